The van der Waals surface area contributed by atoms with Crippen LogP contribution in [0.25, 0.3) is 0 Å². The highest BCUT2D eigenvalue weighted by molar-refractivity contribution is 5.94. The molecule has 1 aromatic rings. The summed E-state index contributed by atoms with van der Waals surface area (Å²) in [6, 6.07) is 6.95. The summed E-state index contributed by atoms with van der Waals surface area (Å²) in [6.07, 6.45) is 8.58. The first kappa shape index (κ1) is 16.8. The lowest BCUT2D eigenvalue weighted by molar-refractivity contribution is 0.0705. The molecule has 0 atom stereocenters. The number of hydrogen-bond donors (Lipinski definition) is 1. The molecule has 4 rings (SSSR count). The number of hydrogen-bond acceptors (Lipinski definition) is 2. The van der Waals surface area contributed by atoms with Gasteiger partial charge in [-0.3, -0.25) is 4.79 Å². The van der Waals surface area contributed by atoms with E-state index in [9.17, 15) is 4.79 Å². The number of fused-ring (bicyclic) bond motifs is 1. The first-order chi connectivity index (χ1) is 10.8. The molecule has 1 amide bonds. The molecule has 0 radical (unpaired) electrons. The van der Waals surface area contributed by atoms with Crippen molar-refractivity contribution < 1.29 is 4.79 Å². The van der Waals surface area contributed by atoms with Gasteiger partial charge >= 0.3 is 0 Å². The molecule has 1 saturated carbocycles. The summed E-state index contributed by atoms with van der Waals surface area (Å²) >= 11 is 0. The monoisotopic (exact) mass is 334 g/mol. The van der Waals surface area contributed by atoms with E-state index in [2.05, 4.69) is 17.4 Å². The number of piperidine rings is 1. The summed E-state index contributed by atoms with van der Waals surface area (Å²) in [5, 5.41) is 3.68. The molecule has 2 aliphatic carbocycles. The van der Waals surface area contributed by atoms with E-state index in [0.29, 0.717) is 6.04 Å². The molecule has 1 heterocycles. The zero-order valence-corrected chi connectivity index (χ0v) is 14.5. The Bertz CT molecular complexity index is 562. The molecule has 1 saturated heterocycles. The third-order valence-electron chi connectivity index (χ3n) is 5.52. The van der Waals surface area contributed by atoms with Crippen LogP contribution in [-0.2, 0) is 12.8 Å². The van der Waals surface area contributed by atoms with Gasteiger partial charge in [-0.1, -0.05) is 6.07 Å². The van der Waals surface area contributed by atoms with Gasteiger partial charge in [0.25, 0.3) is 5.91 Å². The molecule has 3 aliphatic rings. The number of rotatable bonds is 4. The molecule has 1 N–H and O–H groups in total. The van der Waals surface area contributed by atoms with Crippen molar-refractivity contribution in [1.82, 2.24) is 10.2 Å². The van der Waals surface area contributed by atoms with Crippen molar-refractivity contribution in [2.45, 2.75) is 51.0 Å². The van der Waals surface area contributed by atoms with E-state index >= 15 is 0 Å². The fourth-order valence-electron chi connectivity index (χ4n) is 3.83. The maximum absolute atomic E-state index is 12.7. The van der Waals surface area contributed by atoms with Crippen LogP contribution in [0.5, 0.6) is 0 Å². The van der Waals surface area contributed by atoms with Crippen LogP contribution in [0.1, 0.15) is 53.6 Å². The summed E-state index contributed by atoms with van der Waals surface area (Å²) in [4.78, 5) is 14.7. The molecule has 126 valence electrons. The lowest BCUT2D eigenvalue weighted by Gasteiger charge is -2.32. The van der Waals surface area contributed by atoms with Gasteiger partial charge in [0.15, 0.2) is 0 Å². The van der Waals surface area contributed by atoms with E-state index < -0.39 is 0 Å². The lowest BCUT2D eigenvalue weighted by atomic mass is 10.0. The fraction of sp³-hybridized carbons (Fsp3) is 0.632. The number of nitrogens with zero attached hydrogens (tertiary/aromatic N) is 1. The van der Waals surface area contributed by atoms with Crippen molar-refractivity contribution >= 4 is 18.3 Å². The summed E-state index contributed by atoms with van der Waals surface area (Å²) in [5.74, 6) is 1.17. The maximum atomic E-state index is 12.7. The predicted octanol–water partition coefficient (Wildman–Crippen LogP) is 3.20. The molecule has 23 heavy (non-hydrogen) atoms. The third kappa shape index (κ3) is 3.89. The van der Waals surface area contributed by atoms with Gasteiger partial charge in [0.2, 0.25) is 0 Å². The molecule has 1 aromatic carbocycles. The van der Waals surface area contributed by atoms with Gasteiger partial charge in [0.05, 0.1) is 0 Å². The van der Waals surface area contributed by atoms with Crippen LogP contribution in [0.4, 0.5) is 0 Å². The van der Waals surface area contributed by atoms with Gasteiger partial charge in [0, 0.05) is 24.7 Å². The SMILES string of the molecule is Cl.O=C(c1ccc2c(c1)CCC2)N1CCC(NCC2CC2)CC1. The highest BCUT2D eigenvalue weighted by atomic mass is 35.5. The molecule has 0 spiro atoms. The van der Waals surface area contributed by atoms with Crippen LogP contribution in [0.2, 0.25) is 0 Å². The van der Waals surface area contributed by atoms with Gasteiger partial charge in [-0.2, -0.15) is 0 Å². The van der Waals surface area contributed by atoms with Crippen molar-refractivity contribution in [1.29, 1.82) is 0 Å². The smallest absolute Gasteiger partial charge is 0.253 e. The molecule has 2 fully saturated rings. The first-order valence-electron chi connectivity index (χ1n) is 8.94. The number of carbonyl (C=O) groups excluding carboxylic acids is 1. The standard InChI is InChI=1S/C19H26N2O.ClH/c22-19(17-7-6-15-2-1-3-16(15)12-17)21-10-8-18(9-11-21)20-13-14-4-5-14;/h6-7,12,14,18,20H,1-5,8-11,13H2;1H. The van der Waals surface area contributed by atoms with Crippen molar-refractivity contribution in [3.8, 4) is 0 Å². The van der Waals surface area contributed by atoms with E-state index in [-0.39, 0.29) is 18.3 Å². The zero-order valence-electron chi connectivity index (χ0n) is 13.7. The Morgan fingerprint density at radius 2 is 1.83 bits per heavy atom. The summed E-state index contributed by atoms with van der Waals surface area (Å²) in [5.41, 5.74) is 3.73. The number of benzene rings is 1. The Kier molecular flexibility index (Phi) is 5.27. The zero-order chi connectivity index (χ0) is 14.9. The Labute approximate surface area is 145 Å². The molecule has 4 heteroatoms. The van der Waals surface area contributed by atoms with Crippen LogP contribution in [0, 0.1) is 5.92 Å². The van der Waals surface area contributed by atoms with Crippen molar-refractivity contribution in [3.05, 3.63) is 34.9 Å². The number of carbonyl (C=O) groups is 1. The van der Waals surface area contributed by atoms with Crippen LogP contribution < -0.4 is 5.32 Å². The summed E-state index contributed by atoms with van der Waals surface area (Å²) in [7, 11) is 0. The number of nitrogens with one attached hydrogen (secondary N) is 1. The number of halogens is 1. The molecule has 0 unspecified atom stereocenters. The summed E-state index contributed by atoms with van der Waals surface area (Å²) in [6.45, 7) is 2.99. The van der Waals surface area contributed by atoms with Crippen LogP contribution in [0.15, 0.2) is 18.2 Å². The second-order valence-corrected chi connectivity index (χ2v) is 7.26. The van der Waals surface area contributed by atoms with E-state index in [1.165, 1.54) is 43.4 Å². The maximum Gasteiger partial charge on any atom is 0.253 e. The second kappa shape index (κ2) is 7.23. The van der Waals surface area contributed by atoms with Gasteiger partial charge in [-0.25, -0.2) is 0 Å². The van der Waals surface area contributed by atoms with Gasteiger partial charge in [-0.05, 0) is 80.7 Å². The van der Waals surface area contributed by atoms with Crippen LogP contribution in [0.3, 0.4) is 0 Å². The van der Waals surface area contributed by atoms with E-state index in [0.717, 1.165) is 43.8 Å². The van der Waals surface area contributed by atoms with Gasteiger partial charge in [0.1, 0.15) is 0 Å². The van der Waals surface area contributed by atoms with E-state index in [1.54, 1.807) is 0 Å². The van der Waals surface area contributed by atoms with Crippen molar-refractivity contribution in [2.75, 3.05) is 19.6 Å². The number of aryl methyl sites for hydroxylation is 2. The van der Waals surface area contributed by atoms with E-state index in [4.69, 9.17) is 0 Å². The molecule has 0 aromatic heterocycles. The molecule has 1 aliphatic heterocycles. The summed E-state index contributed by atoms with van der Waals surface area (Å²) < 4.78 is 0. The van der Waals surface area contributed by atoms with Gasteiger partial charge < -0.3 is 10.2 Å². The average molecular weight is 335 g/mol. The normalized spacial score (nSPS) is 21.0. The minimum atomic E-state index is 0. The molecule has 0 bridgehead atoms. The van der Waals surface area contributed by atoms with Crippen LogP contribution >= 0.6 is 12.4 Å². The topological polar surface area (TPSA) is 32.3 Å². The van der Waals surface area contributed by atoms with Crippen molar-refractivity contribution in [2.24, 2.45) is 5.92 Å². The Morgan fingerprint density at radius 3 is 2.57 bits per heavy atom. The molecular weight excluding hydrogens is 308 g/mol. The largest absolute Gasteiger partial charge is 0.339 e. The molecule has 3 nitrogen and oxygen atoms in total. The minimum absolute atomic E-state index is 0. The minimum Gasteiger partial charge on any atom is -0.339 e. The first-order valence-corrected chi connectivity index (χ1v) is 8.94. The Balaban J connectivity index is 0.00000156. The quantitative estimate of drug-likeness (QED) is 0.917. The lowest BCUT2D eigenvalue weighted by Crippen LogP contribution is -2.45. The van der Waals surface area contributed by atoms with Gasteiger partial charge in [-0.15, -0.1) is 12.4 Å². The second-order valence-electron chi connectivity index (χ2n) is 7.26. The number of likely N-dealkylation sites (tertiary alicyclic amines) is 1. The predicted molar refractivity (Wildman–Crippen MR) is 95.4 cm³/mol. The number of amides is 1. The van der Waals surface area contributed by atoms with E-state index in [1.807, 2.05) is 11.0 Å². The highest BCUT2D eigenvalue weighted by Gasteiger charge is 2.26. The molecular formula is C19H27ClN2O. The average Bonchev–Trinajstić information content (AvgIpc) is 3.27. The highest BCUT2D eigenvalue weighted by Crippen LogP contribution is 2.28. The Hall–Kier alpha value is -1.06. The third-order valence-corrected chi connectivity index (χ3v) is 5.52. The fourth-order valence-corrected chi connectivity index (χ4v) is 3.83. The van der Waals surface area contributed by atoms with Crippen molar-refractivity contribution in [3.63, 3.8) is 0 Å². The Morgan fingerprint density at radius 1 is 1.09 bits per heavy atom. The van der Waals surface area contributed by atoms with Crippen LogP contribution in [-0.4, -0.2) is 36.5 Å².